The third kappa shape index (κ3) is 2.53. The van der Waals surface area contributed by atoms with Crippen LogP contribution in [0.25, 0.3) is 10.9 Å². The minimum Gasteiger partial charge on any atom is -0.359 e. The number of anilines is 1. The Morgan fingerprint density at radius 1 is 1.32 bits per heavy atom. The molecule has 0 saturated carbocycles. The second-order valence-corrected chi connectivity index (χ2v) is 5.56. The van der Waals surface area contributed by atoms with Crippen LogP contribution in [0.15, 0.2) is 41.8 Å². The molecule has 0 aliphatic rings. The molecule has 0 spiro atoms. The molecule has 0 saturated heterocycles. The zero-order valence-electron chi connectivity index (χ0n) is 10.6. The van der Waals surface area contributed by atoms with E-state index in [9.17, 15) is 4.79 Å². The van der Waals surface area contributed by atoms with Gasteiger partial charge >= 0.3 is 0 Å². The second-order valence-electron chi connectivity index (χ2n) is 4.52. The zero-order chi connectivity index (χ0) is 13.2. The summed E-state index contributed by atoms with van der Waals surface area (Å²) in [6.45, 7) is 2.01. The van der Waals surface area contributed by atoms with Crippen LogP contribution in [-0.4, -0.2) is 10.9 Å². The number of carbonyl (C=O) groups is 1. The van der Waals surface area contributed by atoms with Crippen LogP contribution in [0.1, 0.15) is 10.6 Å². The SMILES string of the molecule is Cc1cc2c(NC(=O)Cc3cccs3)cccc2[nH]1. The first-order chi connectivity index (χ1) is 9.22. The van der Waals surface area contributed by atoms with Crippen LogP contribution in [-0.2, 0) is 11.2 Å². The van der Waals surface area contributed by atoms with Gasteiger partial charge in [-0.2, -0.15) is 0 Å². The molecule has 4 heteroatoms. The lowest BCUT2D eigenvalue weighted by atomic mass is 10.2. The Bertz CT molecular complexity index is 713. The molecular formula is C15H14N2OS. The highest BCUT2D eigenvalue weighted by atomic mass is 32.1. The highest BCUT2D eigenvalue weighted by Gasteiger charge is 2.08. The minimum atomic E-state index is 0.0220. The first-order valence-electron chi connectivity index (χ1n) is 6.13. The number of aromatic amines is 1. The van der Waals surface area contributed by atoms with Crippen LogP contribution in [0.2, 0.25) is 0 Å². The van der Waals surface area contributed by atoms with Gasteiger partial charge in [-0.15, -0.1) is 11.3 Å². The molecule has 0 radical (unpaired) electrons. The number of thiophene rings is 1. The Kier molecular flexibility index (Phi) is 3.09. The van der Waals surface area contributed by atoms with Crippen LogP contribution < -0.4 is 5.32 Å². The van der Waals surface area contributed by atoms with Crippen molar-refractivity contribution in [3.8, 4) is 0 Å². The number of aryl methyl sites for hydroxylation is 1. The number of benzene rings is 1. The normalized spacial score (nSPS) is 10.8. The average molecular weight is 270 g/mol. The van der Waals surface area contributed by atoms with E-state index in [-0.39, 0.29) is 5.91 Å². The number of nitrogens with one attached hydrogen (secondary N) is 2. The van der Waals surface area contributed by atoms with Gasteiger partial charge in [-0.3, -0.25) is 4.79 Å². The molecule has 3 aromatic rings. The predicted octanol–water partition coefficient (Wildman–Crippen LogP) is 3.72. The van der Waals surface area contributed by atoms with Crippen molar-refractivity contribution < 1.29 is 4.79 Å². The first kappa shape index (κ1) is 12.0. The molecule has 2 heterocycles. The maximum atomic E-state index is 12.0. The lowest BCUT2D eigenvalue weighted by Crippen LogP contribution is -2.13. The molecule has 96 valence electrons. The second kappa shape index (κ2) is 4.90. The van der Waals surface area contributed by atoms with E-state index < -0.39 is 0 Å². The smallest absolute Gasteiger partial charge is 0.229 e. The summed E-state index contributed by atoms with van der Waals surface area (Å²) in [5, 5.41) is 6.02. The Balaban J connectivity index is 1.83. The van der Waals surface area contributed by atoms with Crippen LogP contribution in [0, 0.1) is 6.92 Å². The Morgan fingerprint density at radius 3 is 3.00 bits per heavy atom. The van der Waals surface area contributed by atoms with Gasteiger partial charge in [0, 0.05) is 21.5 Å². The van der Waals surface area contributed by atoms with Gasteiger partial charge in [0.05, 0.1) is 12.1 Å². The molecule has 1 amide bonds. The molecule has 0 aliphatic heterocycles. The van der Waals surface area contributed by atoms with Crippen molar-refractivity contribution >= 4 is 33.8 Å². The van der Waals surface area contributed by atoms with Crippen molar-refractivity contribution in [3.63, 3.8) is 0 Å². The molecule has 3 rings (SSSR count). The van der Waals surface area contributed by atoms with Gasteiger partial charge in [0.2, 0.25) is 5.91 Å². The fourth-order valence-electron chi connectivity index (χ4n) is 2.17. The van der Waals surface area contributed by atoms with Crippen molar-refractivity contribution in [2.24, 2.45) is 0 Å². The van der Waals surface area contributed by atoms with Gasteiger partial charge in [-0.05, 0) is 36.6 Å². The molecule has 3 nitrogen and oxygen atoms in total. The molecule has 0 fully saturated rings. The number of H-pyrrole nitrogens is 1. The summed E-state index contributed by atoms with van der Waals surface area (Å²) < 4.78 is 0. The van der Waals surface area contributed by atoms with E-state index in [1.807, 2.05) is 42.6 Å². The van der Waals surface area contributed by atoms with Gasteiger partial charge in [-0.25, -0.2) is 0 Å². The van der Waals surface area contributed by atoms with Crippen LogP contribution in [0.5, 0.6) is 0 Å². The summed E-state index contributed by atoms with van der Waals surface area (Å²) in [6.07, 6.45) is 0.428. The summed E-state index contributed by atoms with van der Waals surface area (Å²) in [5.74, 6) is 0.0220. The number of aromatic nitrogens is 1. The van der Waals surface area contributed by atoms with E-state index in [4.69, 9.17) is 0 Å². The topological polar surface area (TPSA) is 44.9 Å². The summed E-state index contributed by atoms with van der Waals surface area (Å²) in [7, 11) is 0. The van der Waals surface area contributed by atoms with Gasteiger partial charge in [0.15, 0.2) is 0 Å². The summed E-state index contributed by atoms with van der Waals surface area (Å²) in [4.78, 5) is 16.4. The molecule has 2 N–H and O–H groups in total. The third-order valence-electron chi connectivity index (χ3n) is 2.99. The monoisotopic (exact) mass is 270 g/mol. The van der Waals surface area contributed by atoms with Crippen molar-refractivity contribution in [2.45, 2.75) is 13.3 Å². The molecule has 0 atom stereocenters. The summed E-state index contributed by atoms with van der Waals surface area (Å²) in [6, 6.07) is 11.9. The van der Waals surface area contributed by atoms with Crippen molar-refractivity contribution in [1.82, 2.24) is 4.98 Å². The Morgan fingerprint density at radius 2 is 2.21 bits per heavy atom. The number of carbonyl (C=O) groups excluding carboxylic acids is 1. The number of hydrogen-bond acceptors (Lipinski definition) is 2. The molecule has 19 heavy (non-hydrogen) atoms. The maximum Gasteiger partial charge on any atom is 0.229 e. The van der Waals surface area contributed by atoms with Crippen LogP contribution in [0.3, 0.4) is 0 Å². The zero-order valence-corrected chi connectivity index (χ0v) is 11.4. The number of amides is 1. The maximum absolute atomic E-state index is 12.0. The van der Waals surface area contributed by atoms with E-state index in [1.54, 1.807) is 11.3 Å². The highest BCUT2D eigenvalue weighted by molar-refractivity contribution is 7.10. The molecule has 1 aromatic carbocycles. The van der Waals surface area contributed by atoms with E-state index in [1.165, 1.54) is 0 Å². The molecule has 0 unspecified atom stereocenters. The van der Waals surface area contributed by atoms with Gasteiger partial charge in [0.1, 0.15) is 0 Å². The molecule has 0 bridgehead atoms. The minimum absolute atomic E-state index is 0.0220. The Hall–Kier alpha value is -2.07. The fraction of sp³-hybridized carbons (Fsp3) is 0.133. The van der Waals surface area contributed by atoms with Gasteiger partial charge in [-0.1, -0.05) is 12.1 Å². The van der Waals surface area contributed by atoms with E-state index >= 15 is 0 Å². The molecule has 2 aromatic heterocycles. The van der Waals surface area contributed by atoms with E-state index in [0.717, 1.165) is 27.2 Å². The van der Waals surface area contributed by atoms with Gasteiger partial charge in [0.25, 0.3) is 0 Å². The number of rotatable bonds is 3. The van der Waals surface area contributed by atoms with Gasteiger partial charge < -0.3 is 10.3 Å². The fourth-order valence-corrected chi connectivity index (χ4v) is 2.87. The predicted molar refractivity (Wildman–Crippen MR) is 79.7 cm³/mol. The Labute approximate surface area is 115 Å². The molecule has 0 aliphatic carbocycles. The van der Waals surface area contributed by atoms with Crippen molar-refractivity contribution in [1.29, 1.82) is 0 Å². The summed E-state index contributed by atoms with van der Waals surface area (Å²) >= 11 is 1.60. The standard InChI is InChI=1S/C15H14N2OS/c1-10-8-12-13(16-10)5-2-6-14(12)17-15(18)9-11-4-3-7-19-11/h2-8,16H,9H2,1H3,(H,17,18). The largest absolute Gasteiger partial charge is 0.359 e. The molecular weight excluding hydrogens is 256 g/mol. The summed E-state index contributed by atoms with van der Waals surface area (Å²) in [5.41, 5.74) is 3.00. The lowest BCUT2D eigenvalue weighted by Gasteiger charge is -2.05. The van der Waals surface area contributed by atoms with Crippen molar-refractivity contribution in [3.05, 3.63) is 52.3 Å². The van der Waals surface area contributed by atoms with Crippen LogP contribution in [0.4, 0.5) is 5.69 Å². The number of hydrogen-bond donors (Lipinski definition) is 2. The number of fused-ring (bicyclic) bond motifs is 1. The highest BCUT2D eigenvalue weighted by Crippen LogP contribution is 2.24. The van der Waals surface area contributed by atoms with Crippen LogP contribution >= 0.6 is 11.3 Å². The quantitative estimate of drug-likeness (QED) is 0.748. The van der Waals surface area contributed by atoms with E-state index in [0.29, 0.717) is 6.42 Å². The third-order valence-corrected chi connectivity index (χ3v) is 3.86. The first-order valence-corrected chi connectivity index (χ1v) is 7.01. The average Bonchev–Trinajstić information content (AvgIpc) is 2.97. The lowest BCUT2D eigenvalue weighted by molar-refractivity contribution is -0.115. The van der Waals surface area contributed by atoms with Crippen molar-refractivity contribution in [2.75, 3.05) is 5.32 Å². The van der Waals surface area contributed by atoms with E-state index in [2.05, 4.69) is 16.4 Å².